The first-order valence-corrected chi connectivity index (χ1v) is 11.6. The fourth-order valence-electron chi connectivity index (χ4n) is 4.28. The van der Waals surface area contributed by atoms with Crippen molar-refractivity contribution in [2.45, 2.75) is 24.3 Å². The number of halogens is 1. The van der Waals surface area contributed by atoms with Crippen LogP contribution in [0.4, 0.5) is 4.39 Å². The van der Waals surface area contributed by atoms with Crippen molar-refractivity contribution in [2.75, 3.05) is 26.2 Å². The number of benzene rings is 1. The quantitative estimate of drug-likeness (QED) is 0.635. The number of carbonyl (C=O) groups is 1. The molecule has 0 aliphatic carbocycles. The predicted molar refractivity (Wildman–Crippen MR) is 121 cm³/mol. The Morgan fingerprint density at radius 3 is 2.77 bits per heavy atom. The molecule has 1 amide bonds. The summed E-state index contributed by atoms with van der Waals surface area (Å²) in [5.41, 5.74) is 3.02. The van der Waals surface area contributed by atoms with Crippen LogP contribution in [0, 0.1) is 11.7 Å². The Labute approximate surface area is 185 Å². The molecule has 31 heavy (non-hydrogen) atoms. The van der Waals surface area contributed by atoms with Crippen molar-refractivity contribution in [2.24, 2.45) is 5.92 Å². The highest BCUT2D eigenvalue weighted by Gasteiger charge is 2.23. The maximum atomic E-state index is 13.0. The second-order valence-electron chi connectivity index (χ2n) is 8.22. The van der Waals surface area contributed by atoms with Crippen molar-refractivity contribution in [3.63, 3.8) is 0 Å². The first-order valence-electron chi connectivity index (χ1n) is 10.8. The third kappa shape index (κ3) is 4.52. The molecule has 7 heteroatoms. The van der Waals surface area contributed by atoms with E-state index in [1.54, 1.807) is 0 Å². The summed E-state index contributed by atoms with van der Waals surface area (Å²) in [6.45, 7) is 3.79. The Morgan fingerprint density at radius 1 is 1.16 bits per heavy atom. The van der Waals surface area contributed by atoms with Gasteiger partial charge in [0.15, 0.2) is 0 Å². The van der Waals surface area contributed by atoms with Crippen LogP contribution >= 0.6 is 11.8 Å². The number of nitrogens with zero attached hydrogens (tertiary/aromatic N) is 3. The lowest BCUT2D eigenvalue weighted by molar-refractivity contribution is -0.117. The normalized spacial score (nSPS) is 17.0. The number of thioether (sulfide) groups is 1. The topological polar surface area (TPSA) is 49.6 Å². The smallest absolute Gasteiger partial charge is 0.258 e. The molecule has 5 nitrogen and oxygen atoms in total. The number of hydrogen-bond acceptors (Lipinski definition) is 4. The zero-order valence-corrected chi connectivity index (χ0v) is 18.1. The third-order valence-corrected chi connectivity index (χ3v) is 7.18. The largest absolute Gasteiger partial charge is 0.351 e. The lowest BCUT2D eigenvalue weighted by atomic mass is 9.96. The van der Waals surface area contributed by atoms with Crippen LogP contribution in [-0.4, -0.2) is 46.4 Å². The highest BCUT2D eigenvalue weighted by atomic mass is 32.2. The number of hydrogen-bond donors (Lipinski definition) is 1. The Kier molecular flexibility index (Phi) is 5.78. The van der Waals surface area contributed by atoms with Crippen molar-refractivity contribution in [1.82, 2.24) is 19.6 Å². The van der Waals surface area contributed by atoms with E-state index in [2.05, 4.69) is 19.6 Å². The van der Waals surface area contributed by atoms with Crippen LogP contribution in [0.5, 0.6) is 0 Å². The average Bonchev–Trinajstić information content (AvgIpc) is 3.22. The molecule has 0 unspecified atom stereocenters. The predicted octanol–water partition coefficient (Wildman–Crippen LogP) is 3.99. The van der Waals surface area contributed by atoms with Crippen LogP contribution in [-0.2, 0) is 11.2 Å². The number of pyridine rings is 1. The number of piperidine rings is 1. The Hall–Kier alpha value is -2.64. The highest BCUT2D eigenvalue weighted by molar-refractivity contribution is 8.04. The molecule has 3 aromatic rings. The Bertz CT molecular complexity index is 1120. The van der Waals surface area contributed by atoms with E-state index in [0.717, 1.165) is 60.2 Å². The number of aromatic nitrogens is 2. The molecule has 160 valence electrons. The zero-order valence-electron chi connectivity index (χ0n) is 17.3. The van der Waals surface area contributed by atoms with Gasteiger partial charge in [-0.3, -0.25) is 9.20 Å². The zero-order chi connectivity index (χ0) is 21.2. The van der Waals surface area contributed by atoms with Crippen molar-refractivity contribution in [3.8, 4) is 0 Å². The summed E-state index contributed by atoms with van der Waals surface area (Å²) in [5.74, 6) is 0.319. The molecule has 1 aromatic carbocycles. The van der Waals surface area contributed by atoms with E-state index >= 15 is 0 Å². The molecule has 2 aliphatic rings. The summed E-state index contributed by atoms with van der Waals surface area (Å²) in [4.78, 5) is 20.4. The number of carbonyl (C=O) groups excluding carboxylic acids is 1. The summed E-state index contributed by atoms with van der Waals surface area (Å²) in [5, 5.41) is 4.16. The maximum Gasteiger partial charge on any atom is 0.258 e. The molecule has 0 saturated carbocycles. The van der Waals surface area contributed by atoms with Crippen molar-refractivity contribution in [1.29, 1.82) is 0 Å². The summed E-state index contributed by atoms with van der Waals surface area (Å²) in [6, 6.07) is 12.7. The first-order chi connectivity index (χ1) is 15.2. The van der Waals surface area contributed by atoms with Gasteiger partial charge in [-0.15, -0.1) is 0 Å². The first kappa shape index (κ1) is 20.3. The second-order valence-corrected chi connectivity index (χ2v) is 9.29. The maximum absolute atomic E-state index is 13.0. The number of likely N-dealkylation sites (tertiary alicyclic amines) is 1. The SMILES string of the molecule is O=C(NCC1CCN(CCc2ccc(F)cc2)CC1)C1=Cc2cnc3cccc(n23)S1. The van der Waals surface area contributed by atoms with Crippen molar-refractivity contribution >= 4 is 29.4 Å². The molecule has 1 fully saturated rings. The molecule has 1 saturated heterocycles. The van der Waals surface area contributed by atoms with Crippen molar-refractivity contribution in [3.05, 3.63) is 70.6 Å². The van der Waals surface area contributed by atoms with Gasteiger partial charge >= 0.3 is 0 Å². The molecule has 0 spiro atoms. The van der Waals surface area contributed by atoms with Gasteiger partial charge in [0, 0.05) is 13.1 Å². The standard InChI is InChI=1S/C24H25FN4OS/c25-19-6-4-17(5-7-19)8-11-28-12-9-18(10-13-28)15-27-24(30)21-14-20-16-26-22-2-1-3-23(31-21)29(20)22/h1-7,14,16,18H,8-13,15H2,(H,27,30). The summed E-state index contributed by atoms with van der Waals surface area (Å²) >= 11 is 1.49. The molecule has 1 N–H and O–H groups in total. The molecular weight excluding hydrogens is 411 g/mol. The molecule has 0 atom stereocenters. The van der Waals surface area contributed by atoms with Gasteiger partial charge in [0.05, 0.1) is 21.8 Å². The van der Waals surface area contributed by atoms with E-state index in [-0.39, 0.29) is 11.7 Å². The number of amides is 1. The van der Waals surface area contributed by atoms with Crippen LogP contribution in [0.1, 0.15) is 24.1 Å². The van der Waals surface area contributed by atoms with Gasteiger partial charge in [0.25, 0.3) is 5.91 Å². The van der Waals surface area contributed by atoms with E-state index < -0.39 is 0 Å². The number of imidazole rings is 1. The van der Waals surface area contributed by atoms with Crippen LogP contribution in [0.15, 0.2) is 58.6 Å². The molecular formula is C24H25FN4OS. The van der Waals surface area contributed by atoms with Gasteiger partial charge in [-0.1, -0.05) is 30.0 Å². The molecule has 5 rings (SSSR count). The van der Waals surface area contributed by atoms with E-state index in [9.17, 15) is 9.18 Å². The summed E-state index contributed by atoms with van der Waals surface area (Å²) in [6.07, 6.45) is 6.85. The fourth-order valence-corrected chi connectivity index (χ4v) is 5.28. The van der Waals surface area contributed by atoms with E-state index in [4.69, 9.17) is 0 Å². The number of rotatable bonds is 6. The molecule has 2 aliphatic heterocycles. The fraction of sp³-hybridized carbons (Fsp3) is 0.333. The molecule has 0 bridgehead atoms. The third-order valence-electron chi connectivity index (χ3n) is 6.13. The minimum Gasteiger partial charge on any atom is -0.351 e. The minimum absolute atomic E-state index is 0.00630. The monoisotopic (exact) mass is 436 g/mol. The Morgan fingerprint density at radius 2 is 1.97 bits per heavy atom. The van der Waals surface area contributed by atoms with E-state index in [0.29, 0.717) is 12.5 Å². The lowest BCUT2D eigenvalue weighted by Crippen LogP contribution is -2.39. The van der Waals surface area contributed by atoms with Gasteiger partial charge in [-0.25, -0.2) is 9.37 Å². The van der Waals surface area contributed by atoms with Crippen molar-refractivity contribution < 1.29 is 9.18 Å². The number of nitrogens with one attached hydrogen (secondary N) is 1. The van der Waals surface area contributed by atoms with Crippen LogP contribution in [0.2, 0.25) is 0 Å². The summed E-state index contributed by atoms with van der Waals surface area (Å²) < 4.78 is 15.1. The highest BCUT2D eigenvalue weighted by Crippen LogP contribution is 2.34. The van der Waals surface area contributed by atoms with E-state index in [1.807, 2.05) is 42.6 Å². The van der Waals surface area contributed by atoms with E-state index in [1.165, 1.54) is 29.5 Å². The van der Waals surface area contributed by atoms with Gasteiger partial charge in [-0.05, 0) is 74.2 Å². The Balaban J connectivity index is 1.09. The molecule has 0 radical (unpaired) electrons. The van der Waals surface area contributed by atoms with Crippen LogP contribution in [0.25, 0.3) is 11.7 Å². The van der Waals surface area contributed by atoms with Crippen LogP contribution in [0.3, 0.4) is 0 Å². The molecule has 4 heterocycles. The second kappa shape index (κ2) is 8.85. The summed E-state index contributed by atoms with van der Waals surface area (Å²) in [7, 11) is 0. The van der Waals surface area contributed by atoms with Gasteiger partial charge in [0.1, 0.15) is 11.5 Å². The van der Waals surface area contributed by atoms with Crippen LogP contribution < -0.4 is 5.32 Å². The van der Waals surface area contributed by atoms with Gasteiger partial charge in [0.2, 0.25) is 0 Å². The van der Waals surface area contributed by atoms with Gasteiger partial charge < -0.3 is 10.2 Å². The minimum atomic E-state index is -0.184. The average molecular weight is 437 g/mol. The lowest BCUT2D eigenvalue weighted by Gasteiger charge is -2.32. The molecule has 2 aromatic heterocycles. The van der Waals surface area contributed by atoms with Gasteiger partial charge in [-0.2, -0.15) is 0 Å².